The number of rotatable bonds is 3. The van der Waals surface area contributed by atoms with E-state index in [2.05, 4.69) is 5.32 Å². The molecule has 2 aliphatic rings. The maximum atomic E-state index is 11.6. The minimum Gasteiger partial charge on any atom is -0.480 e. The highest BCUT2D eigenvalue weighted by Crippen LogP contribution is 2.46. The van der Waals surface area contributed by atoms with E-state index in [-0.39, 0.29) is 11.5 Å². The first-order valence-corrected chi connectivity index (χ1v) is 6.93. The third kappa shape index (κ3) is 1.91. The smallest absolute Gasteiger partial charge is 0.319 e. The van der Waals surface area contributed by atoms with Crippen LogP contribution in [-0.4, -0.2) is 42.9 Å². The van der Waals surface area contributed by atoms with Crippen LogP contribution in [0.4, 0.5) is 0 Å². The third-order valence-corrected chi connectivity index (χ3v) is 4.93. The molecule has 1 saturated heterocycles. The molecule has 2 N–H and O–H groups in total. The summed E-state index contributed by atoms with van der Waals surface area (Å²) in [7, 11) is -3.05. The SMILES string of the molecule is O=C(O)C1(C(=O)NC2CCS(=O)(=O)C2)CC1. The Hall–Kier alpha value is -1.11. The van der Waals surface area contributed by atoms with Gasteiger partial charge >= 0.3 is 5.97 Å². The average Bonchev–Trinajstić information content (AvgIpc) is 2.89. The first-order valence-electron chi connectivity index (χ1n) is 5.10. The van der Waals surface area contributed by atoms with Crippen molar-refractivity contribution in [3.63, 3.8) is 0 Å². The molecule has 1 atom stereocenters. The summed E-state index contributed by atoms with van der Waals surface area (Å²) >= 11 is 0. The maximum absolute atomic E-state index is 11.6. The molecule has 2 fully saturated rings. The summed E-state index contributed by atoms with van der Waals surface area (Å²) in [5.74, 6) is -1.67. The Morgan fingerprint density at radius 1 is 1.31 bits per heavy atom. The quantitative estimate of drug-likeness (QED) is 0.633. The highest BCUT2D eigenvalue weighted by molar-refractivity contribution is 7.91. The molecule has 16 heavy (non-hydrogen) atoms. The maximum Gasteiger partial charge on any atom is 0.319 e. The van der Waals surface area contributed by atoms with Crippen molar-refractivity contribution in [3.8, 4) is 0 Å². The molecule has 1 aliphatic carbocycles. The van der Waals surface area contributed by atoms with E-state index in [1.54, 1.807) is 0 Å². The Kier molecular flexibility index (Phi) is 2.45. The number of sulfone groups is 1. The minimum absolute atomic E-state index is 0.0675. The van der Waals surface area contributed by atoms with Crippen molar-refractivity contribution in [2.24, 2.45) is 5.41 Å². The van der Waals surface area contributed by atoms with E-state index >= 15 is 0 Å². The van der Waals surface area contributed by atoms with Crippen LogP contribution < -0.4 is 5.32 Å². The number of hydrogen-bond donors (Lipinski definition) is 2. The normalized spacial score (nSPS) is 29.6. The molecule has 7 heteroatoms. The number of hydrogen-bond acceptors (Lipinski definition) is 4. The lowest BCUT2D eigenvalue weighted by Crippen LogP contribution is -2.43. The van der Waals surface area contributed by atoms with Crippen LogP contribution in [0, 0.1) is 5.41 Å². The highest BCUT2D eigenvalue weighted by atomic mass is 32.2. The van der Waals surface area contributed by atoms with Gasteiger partial charge in [-0.05, 0) is 19.3 Å². The fraction of sp³-hybridized carbons (Fsp3) is 0.778. The van der Waals surface area contributed by atoms with Crippen molar-refractivity contribution in [2.45, 2.75) is 25.3 Å². The van der Waals surface area contributed by atoms with Gasteiger partial charge in [-0.2, -0.15) is 0 Å². The van der Waals surface area contributed by atoms with E-state index in [4.69, 9.17) is 5.11 Å². The summed E-state index contributed by atoms with van der Waals surface area (Å²) in [6.07, 6.45) is 1.06. The molecule has 6 nitrogen and oxygen atoms in total. The van der Waals surface area contributed by atoms with Gasteiger partial charge in [0, 0.05) is 6.04 Å². The van der Waals surface area contributed by atoms with Gasteiger partial charge in [-0.25, -0.2) is 8.42 Å². The van der Waals surface area contributed by atoms with E-state index in [9.17, 15) is 18.0 Å². The van der Waals surface area contributed by atoms with Crippen LogP contribution in [0.1, 0.15) is 19.3 Å². The fourth-order valence-corrected chi connectivity index (χ4v) is 3.57. The number of carbonyl (C=O) groups is 2. The largest absolute Gasteiger partial charge is 0.480 e. The van der Waals surface area contributed by atoms with Crippen molar-refractivity contribution < 1.29 is 23.1 Å². The number of carboxylic acid groups (broad SMARTS) is 1. The van der Waals surface area contributed by atoms with E-state index in [0.717, 1.165) is 0 Å². The van der Waals surface area contributed by atoms with Crippen LogP contribution in [0.5, 0.6) is 0 Å². The molecule has 1 heterocycles. The van der Waals surface area contributed by atoms with Crippen molar-refractivity contribution >= 4 is 21.7 Å². The van der Waals surface area contributed by atoms with Crippen LogP contribution in [0.25, 0.3) is 0 Å². The Balaban J connectivity index is 1.97. The minimum atomic E-state index is -3.05. The molecule has 0 radical (unpaired) electrons. The Morgan fingerprint density at radius 3 is 2.31 bits per heavy atom. The number of carbonyl (C=O) groups excluding carboxylic acids is 1. The van der Waals surface area contributed by atoms with Gasteiger partial charge in [0.1, 0.15) is 5.41 Å². The molecule has 1 amide bonds. The lowest BCUT2D eigenvalue weighted by molar-refractivity contribution is -0.149. The van der Waals surface area contributed by atoms with Crippen molar-refractivity contribution in [3.05, 3.63) is 0 Å². The summed E-state index contributed by atoms with van der Waals surface area (Å²) in [6.45, 7) is 0. The van der Waals surface area contributed by atoms with Gasteiger partial charge in [0.2, 0.25) is 5.91 Å². The van der Waals surface area contributed by atoms with Gasteiger partial charge < -0.3 is 10.4 Å². The number of carboxylic acids is 1. The zero-order valence-corrected chi connectivity index (χ0v) is 9.42. The summed E-state index contributed by atoms with van der Waals surface area (Å²) in [5, 5.41) is 11.4. The molecular formula is C9H13NO5S. The topological polar surface area (TPSA) is 101 Å². The zero-order valence-electron chi connectivity index (χ0n) is 8.60. The predicted octanol–water partition coefficient (Wildman–Crippen LogP) is -0.845. The zero-order chi connectivity index (χ0) is 12.0. The molecule has 0 aromatic heterocycles. The molecular weight excluding hydrogens is 234 g/mol. The number of amides is 1. The van der Waals surface area contributed by atoms with Crippen LogP contribution in [0.3, 0.4) is 0 Å². The van der Waals surface area contributed by atoms with E-state index < -0.39 is 33.2 Å². The predicted molar refractivity (Wildman–Crippen MR) is 54.5 cm³/mol. The average molecular weight is 247 g/mol. The molecule has 1 unspecified atom stereocenters. The van der Waals surface area contributed by atoms with Gasteiger partial charge in [-0.15, -0.1) is 0 Å². The Morgan fingerprint density at radius 2 is 1.94 bits per heavy atom. The second-order valence-electron chi connectivity index (χ2n) is 4.46. The summed E-state index contributed by atoms with van der Waals surface area (Å²) < 4.78 is 22.3. The van der Waals surface area contributed by atoms with Gasteiger partial charge in [0.05, 0.1) is 11.5 Å². The van der Waals surface area contributed by atoms with Crippen LogP contribution in [0.2, 0.25) is 0 Å². The van der Waals surface area contributed by atoms with Gasteiger partial charge in [-0.1, -0.05) is 0 Å². The monoisotopic (exact) mass is 247 g/mol. The Labute approximate surface area is 92.9 Å². The Bertz CT molecular complexity index is 437. The first-order chi connectivity index (χ1) is 7.36. The van der Waals surface area contributed by atoms with E-state index in [1.807, 2.05) is 0 Å². The van der Waals surface area contributed by atoms with E-state index in [0.29, 0.717) is 19.3 Å². The van der Waals surface area contributed by atoms with Gasteiger partial charge in [-0.3, -0.25) is 9.59 Å². The molecule has 0 bridgehead atoms. The highest BCUT2D eigenvalue weighted by Gasteiger charge is 2.57. The molecule has 0 aromatic rings. The van der Waals surface area contributed by atoms with E-state index in [1.165, 1.54) is 0 Å². The van der Waals surface area contributed by atoms with Crippen LogP contribution in [0.15, 0.2) is 0 Å². The standard InChI is InChI=1S/C9H13NO5S/c11-7(9(2-3-9)8(12)13)10-6-1-4-16(14,15)5-6/h6H,1-5H2,(H,10,11)(H,12,13). The lowest BCUT2D eigenvalue weighted by atomic mass is 10.1. The lowest BCUT2D eigenvalue weighted by Gasteiger charge is -2.14. The molecule has 1 saturated carbocycles. The number of nitrogens with one attached hydrogen (secondary N) is 1. The number of aliphatic carboxylic acids is 1. The summed E-state index contributed by atoms with van der Waals surface area (Å²) in [4.78, 5) is 22.5. The third-order valence-electron chi connectivity index (χ3n) is 3.16. The van der Waals surface area contributed by atoms with Crippen molar-refractivity contribution in [1.82, 2.24) is 5.32 Å². The molecule has 2 rings (SSSR count). The molecule has 0 spiro atoms. The van der Waals surface area contributed by atoms with Gasteiger partial charge in [0.15, 0.2) is 9.84 Å². The second kappa shape index (κ2) is 3.44. The van der Waals surface area contributed by atoms with Gasteiger partial charge in [0.25, 0.3) is 0 Å². The molecule has 1 aliphatic heterocycles. The van der Waals surface area contributed by atoms with Crippen molar-refractivity contribution in [1.29, 1.82) is 0 Å². The molecule has 0 aromatic carbocycles. The van der Waals surface area contributed by atoms with Crippen LogP contribution in [-0.2, 0) is 19.4 Å². The van der Waals surface area contributed by atoms with Crippen molar-refractivity contribution in [2.75, 3.05) is 11.5 Å². The summed E-state index contributed by atoms with van der Waals surface area (Å²) in [6, 6.07) is -0.422. The first kappa shape index (κ1) is 11.4. The second-order valence-corrected chi connectivity index (χ2v) is 6.69. The molecule has 90 valence electrons. The fourth-order valence-electron chi connectivity index (χ4n) is 1.90. The van der Waals surface area contributed by atoms with Crippen LogP contribution >= 0.6 is 0 Å². The summed E-state index contributed by atoms with van der Waals surface area (Å²) in [5.41, 5.74) is -1.29.